The van der Waals surface area contributed by atoms with E-state index in [4.69, 9.17) is 11.6 Å². The molecular weight excluding hydrogens is 326 g/mol. The fourth-order valence-corrected chi connectivity index (χ4v) is 2.89. The van der Waals surface area contributed by atoms with Gasteiger partial charge in [-0.2, -0.15) is 0 Å². The van der Waals surface area contributed by atoms with E-state index in [2.05, 4.69) is 5.32 Å². The van der Waals surface area contributed by atoms with E-state index in [1.54, 1.807) is 24.4 Å². The Morgan fingerprint density at radius 3 is 2.70 bits per heavy atom. The van der Waals surface area contributed by atoms with Crippen LogP contribution < -0.4 is 10.6 Å². The van der Waals surface area contributed by atoms with Crippen LogP contribution in [-0.4, -0.2) is 50.1 Å². The van der Waals surface area contributed by atoms with Crippen molar-refractivity contribution < 1.29 is 24.9 Å². The largest absolute Gasteiger partial charge is 0.494 e. The minimum absolute atomic E-state index is 0.166. The summed E-state index contributed by atoms with van der Waals surface area (Å²) < 4.78 is 1.31. The van der Waals surface area contributed by atoms with Gasteiger partial charge in [0.15, 0.2) is 11.4 Å². The van der Waals surface area contributed by atoms with Gasteiger partial charge in [-0.1, -0.05) is 17.7 Å². The second-order valence-corrected chi connectivity index (χ2v) is 5.83. The monoisotopic (exact) mass is 339 g/mol. The van der Waals surface area contributed by atoms with Crippen LogP contribution in [0.15, 0.2) is 24.4 Å². The van der Waals surface area contributed by atoms with Gasteiger partial charge in [-0.3, -0.25) is 10.1 Å². The van der Waals surface area contributed by atoms with Crippen LogP contribution in [0.1, 0.15) is 0 Å². The number of aliphatic hydroxyl groups excluding tert-OH is 2. The van der Waals surface area contributed by atoms with Gasteiger partial charge in [0.2, 0.25) is 0 Å². The van der Waals surface area contributed by atoms with Gasteiger partial charge in [-0.05, 0) is 12.1 Å². The number of nitrogens with one attached hydrogen (secondary N) is 2. The highest BCUT2D eigenvalue weighted by atomic mass is 35.5. The van der Waals surface area contributed by atoms with Crippen molar-refractivity contribution in [3.05, 3.63) is 29.4 Å². The number of carbonyl (C=O) groups is 2. The molecule has 1 aliphatic rings. The number of carbonyl (C=O) groups excluding carboxylic acids is 2. The third-order valence-corrected chi connectivity index (χ3v) is 4.19. The lowest BCUT2D eigenvalue weighted by Gasteiger charge is -2.30. The Bertz CT molecular complexity index is 805. The normalized spacial score (nSPS) is 22.2. The van der Waals surface area contributed by atoms with Crippen LogP contribution in [0.3, 0.4) is 0 Å². The highest BCUT2D eigenvalue weighted by Crippen LogP contribution is 2.31. The average molecular weight is 340 g/mol. The summed E-state index contributed by atoms with van der Waals surface area (Å²) in [5.74, 6) is -0.944. The molecule has 3 amide bonds. The number of hydrogen-bond acceptors (Lipinski definition) is 5. The van der Waals surface area contributed by atoms with Crippen LogP contribution in [0.4, 0.5) is 4.79 Å². The van der Waals surface area contributed by atoms with E-state index in [1.807, 2.05) is 5.32 Å². The van der Waals surface area contributed by atoms with Gasteiger partial charge >= 0.3 is 6.03 Å². The number of amides is 3. The maximum atomic E-state index is 12.1. The maximum absolute atomic E-state index is 12.1. The summed E-state index contributed by atoms with van der Waals surface area (Å²) >= 11 is 5.90. The van der Waals surface area contributed by atoms with E-state index >= 15 is 0 Å². The molecule has 2 aromatic rings. The summed E-state index contributed by atoms with van der Waals surface area (Å²) in [5, 5.41) is 35.5. The molecule has 1 saturated heterocycles. The maximum Gasteiger partial charge on any atom is 0.322 e. The molecule has 0 spiro atoms. The highest BCUT2D eigenvalue weighted by Gasteiger charge is 2.52. The molecule has 23 heavy (non-hydrogen) atoms. The third-order valence-electron chi connectivity index (χ3n) is 3.95. The smallest absolute Gasteiger partial charge is 0.322 e. The molecule has 5 N–H and O–H groups in total. The van der Waals surface area contributed by atoms with Crippen molar-refractivity contribution in [2.75, 3.05) is 6.61 Å². The van der Waals surface area contributed by atoms with Crippen molar-refractivity contribution in [2.45, 2.75) is 18.2 Å². The number of rotatable bonds is 4. The number of imide groups is 1. The summed E-state index contributed by atoms with van der Waals surface area (Å²) in [5.41, 5.74) is -1.78. The Hall–Kier alpha value is -2.29. The van der Waals surface area contributed by atoms with E-state index in [-0.39, 0.29) is 12.4 Å². The first-order valence-electron chi connectivity index (χ1n) is 6.77. The standard InChI is InChI=1S/C14H14ClN3O5/c15-8-2-1-7-4-18(11(21)9(7)3-8)6-14(10(20)5-19)12(22)16-13(23)17-14/h1-4,10,19-21H,5-6H2,(H2,16,17,22,23)/t10-,14-/m1/s1. The number of halogens is 1. The molecule has 8 nitrogen and oxygen atoms in total. The van der Waals surface area contributed by atoms with Gasteiger partial charge in [0.25, 0.3) is 5.91 Å². The molecule has 0 bridgehead atoms. The van der Waals surface area contributed by atoms with Crippen LogP contribution >= 0.6 is 11.6 Å². The molecule has 1 aromatic carbocycles. The molecule has 3 rings (SSSR count). The summed E-state index contributed by atoms with van der Waals surface area (Å²) in [6.45, 7) is -0.995. The van der Waals surface area contributed by atoms with Gasteiger partial charge in [0, 0.05) is 22.0 Å². The predicted molar refractivity (Wildman–Crippen MR) is 81.1 cm³/mol. The van der Waals surface area contributed by atoms with Crippen molar-refractivity contribution in [3.63, 3.8) is 0 Å². The van der Waals surface area contributed by atoms with Crippen molar-refractivity contribution in [1.82, 2.24) is 15.2 Å². The van der Waals surface area contributed by atoms with Gasteiger partial charge < -0.3 is 25.2 Å². The molecule has 122 valence electrons. The Morgan fingerprint density at radius 2 is 2.09 bits per heavy atom. The molecule has 0 saturated carbocycles. The summed E-state index contributed by atoms with van der Waals surface area (Å²) in [6.07, 6.45) is 0.0207. The van der Waals surface area contributed by atoms with E-state index in [0.717, 1.165) is 0 Å². The highest BCUT2D eigenvalue weighted by molar-refractivity contribution is 6.31. The molecule has 1 aromatic heterocycles. The van der Waals surface area contributed by atoms with Gasteiger partial charge in [-0.25, -0.2) is 4.79 Å². The van der Waals surface area contributed by atoms with E-state index < -0.39 is 30.2 Å². The van der Waals surface area contributed by atoms with Crippen molar-refractivity contribution in [3.8, 4) is 5.88 Å². The van der Waals surface area contributed by atoms with Crippen LogP contribution in [0.5, 0.6) is 5.88 Å². The number of aromatic hydroxyl groups is 1. The first kappa shape index (κ1) is 15.6. The van der Waals surface area contributed by atoms with Crippen LogP contribution in [-0.2, 0) is 11.3 Å². The minimum atomic E-state index is -1.78. The average Bonchev–Trinajstić information content (AvgIpc) is 2.97. The van der Waals surface area contributed by atoms with E-state index in [1.165, 1.54) is 4.57 Å². The van der Waals surface area contributed by atoms with Crippen molar-refractivity contribution in [1.29, 1.82) is 0 Å². The van der Waals surface area contributed by atoms with E-state index in [0.29, 0.717) is 15.8 Å². The first-order valence-corrected chi connectivity index (χ1v) is 7.15. The molecule has 9 heteroatoms. The Morgan fingerprint density at radius 1 is 1.35 bits per heavy atom. The number of hydrogen-bond donors (Lipinski definition) is 5. The Kier molecular flexibility index (Phi) is 3.67. The summed E-state index contributed by atoms with van der Waals surface area (Å²) in [6, 6.07) is 4.12. The molecule has 0 unspecified atom stereocenters. The molecule has 2 atom stereocenters. The fourth-order valence-electron chi connectivity index (χ4n) is 2.72. The molecular formula is C14H14ClN3O5. The SMILES string of the molecule is O=C1NC(=O)[C@@](Cn2cc3ccc(Cl)cc3c2O)([C@H](O)CO)N1. The van der Waals surface area contributed by atoms with E-state index in [9.17, 15) is 24.9 Å². The lowest BCUT2D eigenvalue weighted by molar-refractivity contribution is -0.130. The molecule has 1 aliphatic heterocycles. The van der Waals surface area contributed by atoms with Gasteiger partial charge in [-0.15, -0.1) is 0 Å². The minimum Gasteiger partial charge on any atom is -0.494 e. The van der Waals surface area contributed by atoms with Crippen LogP contribution in [0.2, 0.25) is 5.02 Å². The van der Waals surface area contributed by atoms with Gasteiger partial charge in [0.1, 0.15) is 6.10 Å². The molecule has 0 aliphatic carbocycles. The topological polar surface area (TPSA) is 124 Å². The van der Waals surface area contributed by atoms with Crippen LogP contribution in [0.25, 0.3) is 10.8 Å². The molecule has 2 heterocycles. The van der Waals surface area contributed by atoms with Crippen molar-refractivity contribution >= 4 is 34.3 Å². The lowest BCUT2D eigenvalue weighted by Crippen LogP contribution is -2.60. The molecule has 0 radical (unpaired) electrons. The summed E-state index contributed by atoms with van der Waals surface area (Å²) in [4.78, 5) is 23.6. The van der Waals surface area contributed by atoms with Gasteiger partial charge in [0.05, 0.1) is 13.2 Å². The number of aliphatic hydroxyl groups is 2. The number of nitrogens with zero attached hydrogens (tertiary/aromatic N) is 1. The zero-order valence-electron chi connectivity index (χ0n) is 11.8. The zero-order valence-corrected chi connectivity index (χ0v) is 12.5. The second kappa shape index (κ2) is 5.41. The second-order valence-electron chi connectivity index (χ2n) is 5.39. The fraction of sp³-hybridized carbons (Fsp3) is 0.286. The number of aromatic nitrogens is 1. The number of benzene rings is 1. The Balaban J connectivity index is 2.06. The lowest BCUT2D eigenvalue weighted by atomic mass is 9.92. The first-order chi connectivity index (χ1) is 10.9. The zero-order chi connectivity index (χ0) is 16.8. The molecule has 1 fully saturated rings. The number of urea groups is 1. The van der Waals surface area contributed by atoms with Crippen molar-refractivity contribution in [2.24, 2.45) is 0 Å². The number of fused-ring (bicyclic) bond motifs is 1. The quantitative estimate of drug-likeness (QED) is 0.499. The predicted octanol–water partition coefficient (Wildman–Crippen LogP) is -0.0683. The third kappa shape index (κ3) is 2.40. The Labute approximate surface area is 135 Å². The summed E-state index contributed by atoms with van der Waals surface area (Å²) in [7, 11) is 0. The van der Waals surface area contributed by atoms with Crippen LogP contribution in [0, 0.1) is 0 Å².